The van der Waals surface area contributed by atoms with E-state index in [1.54, 1.807) is 30.1 Å². The first-order valence-electron chi connectivity index (χ1n) is 15.2. The third-order valence-electron chi connectivity index (χ3n) is 7.94. The molecule has 1 amide bonds. The molecule has 1 aliphatic rings. The van der Waals surface area contributed by atoms with Crippen LogP contribution in [0.15, 0.2) is 48.5 Å². The van der Waals surface area contributed by atoms with Crippen LogP contribution in [0.25, 0.3) is 11.1 Å². The van der Waals surface area contributed by atoms with Crippen molar-refractivity contribution in [2.45, 2.75) is 59.1 Å². The van der Waals surface area contributed by atoms with Gasteiger partial charge in [-0.3, -0.25) is 4.79 Å². The first-order valence-corrected chi connectivity index (χ1v) is 16.7. The van der Waals surface area contributed by atoms with Gasteiger partial charge in [0, 0.05) is 30.3 Å². The minimum absolute atomic E-state index is 0.0189. The lowest BCUT2D eigenvalue weighted by molar-refractivity contribution is -0.121. The van der Waals surface area contributed by atoms with E-state index in [2.05, 4.69) is 17.1 Å². The molecule has 45 heavy (non-hydrogen) atoms. The Kier molecular flexibility index (Phi) is 10.7. The summed E-state index contributed by atoms with van der Waals surface area (Å²) in [5.41, 5.74) is 3.31. The molecule has 1 heterocycles. The topological polar surface area (TPSA) is 97.4 Å². The number of amides is 1. The van der Waals surface area contributed by atoms with Crippen molar-refractivity contribution in [3.63, 3.8) is 0 Å². The molecule has 0 saturated carbocycles. The Balaban J connectivity index is 1.67. The fourth-order valence-corrected chi connectivity index (χ4v) is 6.46. The SMILES string of the molecule is CCCCN(C)CCCS(=O)(=O)Oc1ccc(-c2ccc3c(c2COc2cc(F)ccc2C)N(C)C(=O)C(C)(C)N3)c(OC)c1. The lowest BCUT2D eigenvalue weighted by Crippen LogP contribution is -2.52. The zero-order valence-electron chi connectivity index (χ0n) is 27.2. The van der Waals surface area contributed by atoms with Crippen LogP contribution in [-0.2, 0) is 21.5 Å². The second kappa shape index (κ2) is 14.1. The fraction of sp³-hybridized carbons (Fsp3) is 0.441. The van der Waals surface area contributed by atoms with Gasteiger partial charge < -0.3 is 28.8 Å². The summed E-state index contributed by atoms with van der Waals surface area (Å²) in [6.07, 6.45) is 2.60. The molecule has 3 aromatic rings. The number of nitrogens with one attached hydrogen (secondary N) is 1. The number of hydrogen-bond donors (Lipinski definition) is 1. The maximum absolute atomic E-state index is 14.1. The predicted molar refractivity (Wildman–Crippen MR) is 176 cm³/mol. The number of unbranched alkanes of at least 4 members (excludes halogenated alkanes) is 1. The van der Waals surface area contributed by atoms with Crippen molar-refractivity contribution < 1.29 is 31.3 Å². The number of fused-ring (bicyclic) bond motifs is 1. The summed E-state index contributed by atoms with van der Waals surface area (Å²) in [6, 6.07) is 13.0. The Bertz CT molecular complexity index is 1640. The van der Waals surface area contributed by atoms with Crippen LogP contribution in [0, 0.1) is 12.7 Å². The van der Waals surface area contributed by atoms with E-state index in [1.807, 2.05) is 40.0 Å². The van der Waals surface area contributed by atoms with Crippen molar-refractivity contribution in [3.8, 4) is 28.4 Å². The first-order chi connectivity index (χ1) is 21.3. The number of carbonyl (C=O) groups excluding carboxylic acids is 1. The highest BCUT2D eigenvalue weighted by atomic mass is 32.2. The molecular formula is C34H44FN3O6S. The number of likely N-dealkylation sites (N-methyl/N-ethyl adjacent to an activating group) is 1. The maximum Gasteiger partial charge on any atom is 0.309 e. The molecule has 0 spiro atoms. The number of ether oxygens (including phenoxy) is 2. The van der Waals surface area contributed by atoms with E-state index in [0.29, 0.717) is 46.8 Å². The van der Waals surface area contributed by atoms with Gasteiger partial charge in [0.05, 0.1) is 24.2 Å². The van der Waals surface area contributed by atoms with E-state index in [1.165, 1.54) is 25.3 Å². The second-order valence-electron chi connectivity index (χ2n) is 12.0. The molecule has 0 radical (unpaired) electrons. The maximum atomic E-state index is 14.1. The molecule has 0 fully saturated rings. The number of hydrogen-bond acceptors (Lipinski definition) is 8. The standard InChI is InChI=1S/C34H44FN3O6S/c1-8-9-17-37(5)18-10-19-45(40,41)44-25-13-14-27(31(21-25)42-7)26-15-16-29-32(38(6)33(39)34(3,4)36-29)28(26)22-43-30-20-24(35)12-11-23(30)2/h11-16,20-21,36H,8-10,17-19,22H2,1-7H3. The Morgan fingerprint density at radius 3 is 2.42 bits per heavy atom. The summed E-state index contributed by atoms with van der Waals surface area (Å²) in [7, 11) is 1.36. The zero-order chi connectivity index (χ0) is 32.9. The minimum Gasteiger partial charge on any atom is -0.496 e. The lowest BCUT2D eigenvalue weighted by atomic mass is 9.91. The van der Waals surface area contributed by atoms with Gasteiger partial charge in [0.25, 0.3) is 5.91 Å². The average Bonchev–Trinajstić information content (AvgIpc) is 2.98. The van der Waals surface area contributed by atoms with Crippen LogP contribution >= 0.6 is 0 Å². The number of carbonyl (C=O) groups is 1. The highest BCUT2D eigenvalue weighted by molar-refractivity contribution is 7.87. The number of aryl methyl sites for hydroxylation is 1. The number of benzene rings is 3. The van der Waals surface area contributed by atoms with Crippen LogP contribution in [0.1, 0.15) is 51.2 Å². The average molecular weight is 642 g/mol. The number of nitrogens with zero attached hydrogens (tertiary/aromatic N) is 2. The third kappa shape index (κ3) is 8.07. The van der Waals surface area contributed by atoms with Crippen molar-refractivity contribution in [2.24, 2.45) is 0 Å². The Labute approximate surface area is 266 Å². The molecule has 0 atom stereocenters. The Hall–Kier alpha value is -3.83. The Morgan fingerprint density at radius 2 is 1.71 bits per heavy atom. The first kappa shape index (κ1) is 34.1. The quantitative estimate of drug-likeness (QED) is 0.203. The molecule has 1 N–H and O–H groups in total. The van der Waals surface area contributed by atoms with E-state index in [9.17, 15) is 17.6 Å². The van der Waals surface area contributed by atoms with Gasteiger partial charge in [-0.2, -0.15) is 8.42 Å². The van der Waals surface area contributed by atoms with E-state index < -0.39 is 21.5 Å². The molecule has 0 aromatic heterocycles. The number of halogens is 1. The number of methoxy groups -OCH3 is 1. The van der Waals surface area contributed by atoms with Crippen molar-refractivity contribution in [1.82, 2.24) is 4.90 Å². The largest absolute Gasteiger partial charge is 0.496 e. The summed E-state index contributed by atoms with van der Waals surface area (Å²) in [4.78, 5) is 17.0. The fourth-order valence-electron chi connectivity index (χ4n) is 5.49. The van der Waals surface area contributed by atoms with Crippen molar-refractivity contribution in [3.05, 3.63) is 65.5 Å². The van der Waals surface area contributed by atoms with Crippen LogP contribution in [0.4, 0.5) is 15.8 Å². The third-order valence-corrected chi connectivity index (χ3v) is 9.18. The molecule has 0 aliphatic carbocycles. The van der Waals surface area contributed by atoms with E-state index >= 15 is 0 Å². The van der Waals surface area contributed by atoms with Crippen LogP contribution < -0.4 is 23.9 Å². The minimum atomic E-state index is -3.83. The molecule has 1 aliphatic heterocycles. The van der Waals surface area contributed by atoms with Gasteiger partial charge in [0.2, 0.25) is 0 Å². The van der Waals surface area contributed by atoms with Gasteiger partial charge in [-0.15, -0.1) is 0 Å². The summed E-state index contributed by atoms with van der Waals surface area (Å²) in [5.74, 6) is 0.238. The molecule has 3 aromatic carbocycles. The highest BCUT2D eigenvalue weighted by Crippen LogP contribution is 2.45. The zero-order valence-corrected chi connectivity index (χ0v) is 28.0. The van der Waals surface area contributed by atoms with Crippen LogP contribution in [0.5, 0.6) is 17.2 Å². The van der Waals surface area contributed by atoms with E-state index in [0.717, 1.165) is 30.6 Å². The van der Waals surface area contributed by atoms with Crippen molar-refractivity contribution in [1.29, 1.82) is 0 Å². The molecule has 4 rings (SSSR count). The molecule has 244 valence electrons. The van der Waals surface area contributed by atoms with Gasteiger partial charge in [-0.1, -0.05) is 25.5 Å². The van der Waals surface area contributed by atoms with Gasteiger partial charge in [0.15, 0.2) is 0 Å². The van der Waals surface area contributed by atoms with Gasteiger partial charge in [-0.25, -0.2) is 4.39 Å². The molecule has 0 saturated heterocycles. The summed E-state index contributed by atoms with van der Waals surface area (Å²) >= 11 is 0. The molecular weight excluding hydrogens is 597 g/mol. The summed E-state index contributed by atoms with van der Waals surface area (Å²) in [5, 5.41) is 3.32. The van der Waals surface area contributed by atoms with Crippen molar-refractivity contribution >= 4 is 27.4 Å². The molecule has 11 heteroatoms. The van der Waals surface area contributed by atoms with Crippen LogP contribution in [-0.4, -0.2) is 64.8 Å². The number of anilines is 2. The molecule has 9 nitrogen and oxygen atoms in total. The summed E-state index contributed by atoms with van der Waals surface area (Å²) < 4.78 is 57.0. The van der Waals surface area contributed by atoms with Gasteiger partial charge in [-0.05, 0) is 89.1 Å². The van der Waals surface area contributed by atoms with Gasteiger partial charge in [0.1, 0.15) is 35.2 Å². The molecule has 0 bridgehead atoms. The highest BCUT2D eigenvalue weighted by Gasteiger charge is 2.38. The monoisotopic (exact) mass is 641 g/mol. The second-order valence-corrected chi connectivity index (χ2v) is 13.7. The normalized spacial score (nSPS) is 14.2. The smallest absolute Gasteiger partial charge is 0.309 e. The van der Waals surface area contributed by atoms with E-state index in [-0.39, 0.29) is 24.0 Å². The molecule has 0 unspecified atom stereocenters. The van der Waals surface area contributed by atoms with Gasteiger partial charge >= 0.3 is 10.1 Å². The lowest BCUT2D eigenvalue weighted by Gasteiger charge is -2.39. The van der Waals surface area contributed by atoms with Crippen LogP contribution in [0.3, 0.4) is 0 Å². The van der Waals surface area contributed by atoms with E-state index in [4.69, 9.17) is 13.7 Å². The van der Waals surface area contributed by atoms with Crippen molar-refractivity contribution in [2.75, 3.05) is 50.3 Å². The number of rotatable bonds is 14. The van der Waals surface area contributed by atoms with Crippen LogP contribution in [0.2, 0.25) is 0 Å². The Morgan fingerprint density at radius 1 is 1.00 bits per heavy atom. The summed E-state index contributed by atoms with van der Waals surface area (Å²) in [6.45, 7) is 9.18. The predicted octanol–water partition coefficient (Wildman–Crippen LogP) is 6.39.